The summed E-state index contributed by atoms with van der Waals surface area (Å²) in [5.74, 6) is 6.46. The third-order valence-corrected chi connectivity index (χ3v) is 9.23. The van der Waals surface area contributed by atoms with Gasteiger partial charge in [-0.3, -0.25) is 4.79 Å². The maximum Gasteiger partial charge on any atom is 0.155 e. The molecule has 0 bridgehead atoms. The van der Waals surface area contributed by atoms with Gasteiger partial charge in [-0.15, -0.1) is 6.58 Å². The van der Waals surface area contributed by atoms with Crippen LogP contribution < -0.4 is 0 Å². The molecule has 0 amide bonds. The van der Waals surface area contributed by atoms with E-state index in [0.717, 1.165) is 60.7 Å². The summed E-state index contributed by atoms with van der Waals surface area (Å²) in [4.78, 5) is 11.9. The monoisotopic (exact) mass is 400 g/mol. The van der Waals surface area contributed by atoms with Gasteiger partial charge < -0.3 is 0 Å². The van der Waals surface area contributed by atoms with Gasteiger partial charge in [0.05, 0.1) is 0 Å². The summed E-state index contributed by atoms with van der Waals surface area (Å²) in [6.07, 6.45) is 13.9. The largest absolute Gasteiger partial charge is 0.295 e. The average molecular weight is 401 g/mol. The number of rotatable bonds is 2. The van der Waals surface area contributed by atoms with Gasteiger partial charge in [0.25, 0.3) is 0 Å². The second kappa shape index (κ2) is 10.5. The number of carbonyl (C=O) groups is 1. The fourth-order valence-corrected chi connectivity index (χ4v) is 7.75. The fourth-order valence-electron chi connectivity index (χ4n) is 7.75. The molecule has 1 nitrogen and oxygen atoms in total. The highest BCUT2D eigenvalue weighted by molar-refractivity contribution is 5.91. The Kier molecular flexibility index (Phi) is 8.80. The summed E-state index contributed by atoms with van der Waals surface area (Å²) in [6.45, 7) is 19.5. The molecule has 3 fully saturated rings. The van der Waals surface area contributed by atoms with E-state index < -0.39 is 0 Å². The van der Waals surface area contributed by atoms with Gasteiger partial charge in [-0.05, 0) is 97.9 Å². The highest BCUT2D eigenvalue weighted by atomic mass is 16.1. The van der Waals surface area contributed by atoms with Gasteiger partial charge in [-0.2, -0.15) is 0 Å². The van der Waals surface area contributed by atoms with Gasteiger partial charge in [0.1, 0.15) is 0 Å². The molecule has 0 aromatic heterocycles. The van der Waals surface area contributed by atoms with Crippen LogP contribution in [0.2, 0.25) is 0 Å². The van der Waals surface area contributed by atoms with E-state index in [2.05, 4.69) is 41.2 Å². The van der Waals surface area contributed by atoms with Crippen molar-refractivity contribution < 1.29 is 4.79 Å². The maximum absolute atomic E-state index is 11.9. The normalized spacial score (nSPS) is 42.7. The van der Waals surface area contributed by atoms with E-state index in [0.29, 0.717) is 11.2 Å². The van der Waals surface area contributed by atoms with Crippen molar-refractivity contribution in [3.05, 3.63) is 24.3 Å². The number of hydrogen-bond acceptors (Lipinski definition) is 1. The van der Waals surface area contributed by atoms with Crippen LogP contribution in [0.15, 0.2) is 24.3 Å². The predicted octanol–water partition coefficient (Wildman–Crippen LogP) is 8.26. The lowest BCUT2D eigenvalue weighted by molar-refractivity contribution is -0.116. The molecule has 4 aliphatic rings. The molecule has 0 radical (unpaired) electrons. The van der Waals surface area contributed by atoms with E-state index in [-0.39, 0.29) is 0 Å². The van der Waals surface area contributed by atoms with E-state index in [4.69, 9.17) is 0 Å². The van der Waals surface area contributed by atoms with Crippen molar-refractivity contribution in [1.29, 1.82) is 0 Å². The van der Waals surface area contributed by atoms with Gasteiger partial charge in [-0.1, -0.05) is 60.1 Å². The molecule has 166 valence electrons. The average Bonchev–Trinajstić information content (AvgIpc) is 3.00. The van der Waals surface area contributed by atoms with Crippen LogP contribution in [0, 0.1) is 46.8 Å². The van der Waals surface area contributed by atoms with Crippen molar-refractivity contribution in [3.8, 4) is 0 Å². The second-order valence-corrected chi connectivity index (χ2v) is 10.2. The number of ketones is 1. The Morgan fingerprint density at radius 2 is 1.79 bits per heavy atom. The van der Waals surface area contributed by atoms with E-state index in [9.17, 15) is 4.79 Å². The maximum atomic E-state index is 11.9. The minimum Gasteiger partial charge on any atom is -0.295 e. The standard InChI is InChI=1S/C22H34O.C4H8.C2H6/c1-5-22-9-8-19-18-7-6-17(23)12-16(18)10-14(3)21(19)20(22)11-13(2)15(22)4;1-3-4-2;1-2/h12-15,18-21H,5-11H2,1-4H3;3H,1,4H2,2H3;1-2H3/t13?,14?,15-,18?,19?,20?,21?,22?;;/m0../s1. The molecule has 0 heterocycles. The molecular formula is C28H48O. The van der Waals surface area contributed by atoms with Crippen LogP contribution in [-0.4, -0.2) is 5.78 Å². The molecule has 0 spiro atoms. The van der Waals surface area contributed by atoms with Crippen molar-refractivity contribution >= 4 is 5.78 Å². The molecule has 1 heteroatoms. The van der Waals surface area contributed by atoms with Crippen LogP contribution in [0.5, 0.6) is 0 Å². The van der Waals surface area contributed by atoms with Crippen molar-refractivity contribution in [3.63, 3.8) is 0 Å². The molecule has 3 saturated carbocycles. The van der Waals surface area contributed by atoms with Crippen molar-refractivity contribution in [2.75, 3.05) is 0 Å². The van der Waals surface area contributed by atoms with Crippen LogP contribution in [0.1, 0.15) is 99.8 Å². The molecule has 4 aliphatic carbocycles. The highest BCUT2D eigenvalue weighted by Crippen LogP contribution is 2.67. The van der Waals surface area contributed by atoms with Gasteiger partial charge >= 0.3 is 0 Å². The third-order valence-electron chi connectivity index (χ3n) is 9.23. The molecule has 4 rings (SSSR count). The quantitative estimate of drug-likeness (QED) is 0.426. The lowest BCUT2D eigenvalue weighted by atomic mass is 9.48. The van der Waals surface area contributed by atoms with Crippen LogP contribution in [0.4, 0.5) is 0 Å². The van der Waals surface area contributed by atoms with E-state index in [1.807, 2.05) is 26.0 Å². The van der Waals surface area contributed by atoms with E-state index in [1.165, 1.54) is 37.7 Å². The summed E-state index contributed by atoms with van der Waals surface area (Å²) in [7, 11) is 0. The van der Waals surface area contributed by atoms with Crippen LogP contribution in [0.3, 0.4) is 0 Å². The summed E-state index contributed by atoms with van der Waals surface area (Å²) >= 11 is 0. The Morgan fingerprint density at radius 3 is 2.38 bits per heavy atom. The molecule has 7 unspecified atom stereocenters. The Balaban J connectivity index is 0.000000449. The number of allylic oxidation sites excluding steroid dienone is 2. The smallest absolute Gasteiger partial charge is 0.155 e. The first-order valence-corrected chi connectivity index (χ1v) is 12.7. The minimum atomic E-state index is 0.392. The molecule has 0 saturated heterocycles. The molecule has 0 aromatic carbocycles. The van der Waals surface area contributed by atoms with Gasteiger partial charge in [0.15, 0.2) is 5.78 Å². The van der Waals surface area contributed by atoms with Crippen molar-refractivity contribution in [1.82, 2.24) is 0 Å². The van der Waals surface area contributed by atoms with Crippen LogP contribution in [-0.2, 0) is 4.79 Å². The van der Waals surface area contributed by atoms with E-state index in [1.54, 1.807) is 0 Å². The summed E-state index contributed by atoms with van der Waals surface area (Å²) in [5.41, 5.74) is 2.15. The molecular weight excluding hydrogens is 352 g/mol. The Hall–Kier alpha value is -0.850. The molecule has 29 heavy (non-hydrogen) atoms. The zero-order valence-corrected chi connectivity index (χ0v) is 20.5. The SMILES string of the molecule is C=CCC.CC.CCC12CCC3C4CCC(=O)C=C4CC(C)C3C1CC(C)[C@@H]2C. The summed E-state index contributed by atoms with van der Waals surface area (Å²) in [6, 6.07) is 0. The first-order chi connectivity index (χ1) is 13.9. The number of fused-ring (bicyclic) bond motifs is 5. The lowest BCUT2D eigenvalue weighted by Crippen LogP contribution is -2.49. The first-order valence-electron chi connectivity index (χ1n) is 12.7. The zero-order chi connectivity index (χ0) is 21.8. The van der Waals surface area contributed by atoms with E-state index >= 15 is 0 Å². The van der Waals surface area contributed by atoms with Crippen LogP contribution in [0.25, 0.3) is 0 Å². The van der Waals surface area contributed by atoms with Crippen molar-refractivity contribution in [2.24, 2.45) is 46.8 Å². The minimum absolute atomic E-state index is 0.392. The fraction of sp³-hybridized carbons (Fsp3) is 0.821. The van der Waals surface area contributed by atoms with Gasteiger partial charge in [0, 0.05) is 6.42 Å². The zero-order valence-electron chi connectivity index (χ0n) is 20.5. The Morgan fingerprint density at radius 1 is 1.14 bits per heavy atom. The third kappa shape index (κ3) is 4.45. The molecule has 0 aliphatic heterocycles. The lowest BCUT2D eigenvalue weighted by Gasteiger charge is -2.57. The van der Waals surface area contributed by atoms with Gasteiger partial charge in [-0.25, -0.2) is 0 Å². The number of carbonyl (C=O) groups excluding carboxylic acids is 1. The summed E-state index contributed by atoms with van der Waals surface area (Å²) < 4.78 is 0. The second-order valence-electron chi connectivity index (χ2n) is 10.2. The topological polar surface area (TPSA) is 17.1 Å². The highest BCUT2D eigenvalue weighted by Gasteiger charge is 2.59. The molecule has 0 aromatic rings. The number of hydrogen-bond donors (Lipinski definition) is 0. The summed E-state index contributed by atoms with van der Waals surface area (Å²) in [5, 5.41) is 0. The Bertz CT molecular complexity index is 587. The predicted molar refractivity (Wildman–Crippen MR) is 127 cm³/mol. The first kappa shape index (κ1) is 24.4. The van der Waals surface area contributed by atoms with Gasteiger partial charge in [0.2, 0.25) is 0 Å². The molecule has 8 atom stereocenters. The van der Waals surface area contributed by atoms with Crippen molar-refractivity contribution in [2.45, 2.75) is 99.8 Å². The Labute approximate surface area is 181 Å². The molecule has 0 N–H and O–H groups in total. The van der Waals surface area contributed by atoms with Crippen LogP contribution >= 0.6 is 0 Å².